The van der Waals surface area contributed by atoms with Gasteiger partial charge in [0.1, 0.15) is 0 Å². The molecule has 2 aliphatic rings. The molecule has 34 heavy (non-hydrogen) atoms. The Labute approximate surface area is 209 Å². The predicted molar refractivity (Wildman–Crippen MR) is 139 cm³/mol. The van der Waals surface area contributed by atoms with Gasteiger partial charge in [0.2, 0.25) is 5.91 Å². The van der Waals surface area contributed by atoms with Gasteiger partial charge in [0.25, 0.3) is 10.0 Å². The third kappa shape index (κ3) is 4.27. The first-order valence-corrected chi connectivity index (χ1v) is 13.9. The maximum Gasteiger partial charge on any atom is 0.264 e. The normalized spacial score (nSPS) is 17.4. The molecular formula is C27H27BrN2O3S. The summed E-state index contributed by atoms with van der Waals surface area (Å²) < 4.78 is 29.2. The average Bonchev–Trinajstić information content (AvgIpc) is 3.17. The quantitative estimate of drug-likeness (QED) is 0.430. The Morgan fingerprint density at radius 2 is 1.76 bits per heavy atom. The van der Waals surface area contributed by atoms with Gasteiger partial charge >= 0.3 is 0 Å². The standard InChI is InChI=1S/C27H27BrN2O3S/c1-19-17-22-18-23(28)11-14-26(22)30(19)27(31)15-10-20-8-12-24(13-9-20)34(32,33)29-16-4-6-21-5-2-3-7-25(21)29/h2-3,5,7-9,11-14,18-19H,4,6,10,15-17H2,1H3/t19-/m1/s1. The molecule has 176 valence electrons. The van der Waals surface area contributed by atoms with Gasteiger partial charge < -0.3 is 4.90 Å². The topological polar surface area (TPSA) is 57.7 Å². The first-order valence-electron chi connectivity index (χ1n) is 11.6. The summed E-state index contributed by atoms with van der Waals surface area (Å²) in [6.45, 7) is 2.56. The van der Waals surface area contributed by atoms with Gasteiger partial charge in [0, 0.05) is 29.2 Å². The molecule has 0 radical (unpaired) electrons. The van der Waals surface area contributed by atoms with Crippen molar-refractivity contribution in [2.24, 2.45) is 0 Å². The molecule has 2 aliphatic heterocycles. The molecule has 0 saturated heterocycles. The summed E-state index contributed by atoms with van der Waals surface area (Å²) in [5.41, 5.74) is 4.97. The minimum absolute atomic E-state index is 0.0928. The lowest BCUT2D eigenvalue weighted by atomic mass is 10.0. The molecule has 0 bridgehead atoms. The highest BCUT2D eigenvalue weighted by molar-refractivity contribution is 9.10. The summed E-state index contributed by atoms with van der Waals surface area (Å²) in [7, 11) is -3.63. The van der Waals surface area contributed by atoms with Crippen LogP contribution >= 0.6 is 15.9 Å². The number of hydrogen-bond acceptors (Lipinski definition) is 3. The summed E-state index contributed by atoms with van der Waals surface area (Å²) in [6.07, 6.45) is 3.51. The van der Waals surface area contributed by atoms with Gasteiger partial charge in [-0.15, -0.1) is 0 Å². The molecule has 2 heterocycles. The van der Waals surface area contributed by atoms with Gasteiger partial charge in [-0.05, 0) is 85.7 Å². The first-order chi connectivity index (χ1) is 16.3. The zero-order valence-corrected chi connectivity index (χ0v) is 21.5. The van der Waals surface area contributed by atoms with Gasteiger partial charge in [0.15, 0.2) is 0 Å². The highest BCUT2D eigenvalue weighted by atomic mass is 79.9. The van der Waals surface area contributed by atoms with E-state index in [1.165, 1.54) is 9.87 Å². The number of hydrogen-bond donors (Lipinski definition) is 0. The number of carbonyl (C=O) groups is 1. The Bertz CT molecular complexity index is 1340. The van der Waals surface area contributed by atoms with Crippen LogP contribution in [0.3, 0.4) is 0 Å². The van der Waals surface area contributed by atoms with Crippen LogP contribution in [0.4, 0.5) is 11.4 Å². The first kappa shape index (κ1) is 23.1. The molecule has 1 amide bonds. The van der Waals surface area contributed by atoms with Crippen molar-refractivity contribution < 1.29 is 13.2 Å². The van der Waals surface area contributed by atoms with Crippen LogP contribution in [-0.2, 0) is 34.1 Å². The highest BCUT2D eigenvalue weighted by Gasteiger charge is 2.31. The van der Waals surface area contributed by atoms with Gasteiger partial charge in [-0.1, -0.05) is 46.3 Å². The average molecular weight is 539 g/mol. The van der Waals surface area contributed by atoms with Crippen molar-refractivity contribution in [1.82, 2.24) is 0 Å². The van der Waals surface area contributed by atoms with Gasteiger partial charge in [-0.25, -0.2) is 8.42 Å². The van der Waals surface area contributed by atoms with Gasteiger partial charge in [-0.3, -0.25) is 9.10 Å². The molecule has 3 aromatic rings. The van der Waals surface area contributed by atoms with E-state index in [-0.39, 0.29) is 16.8 Å². The minimum atomic E-state index is -3.63. The van der Waals surface area contributed by atoms with Crippen molar-refractivity contribution in [2.75, 3.05) is 15.7 Å². The number of aryl methyl sites for hydroxylation is 2. The van der Waals surface area contributed by atoms with E-state index in [1.807, 2.05) is 53.4 Å². The summed E-state index contributed by atoms with van der Waals surface area (Å²) in [6, 6.07) is 20.9. The maximum absolute atomic E-state index is 13.3. The Morgan fingerprint density at radius 3 is 2.56 bits per heavy atom. The molecule has 1 atom stereocenters. The summed E-state index contributed by atoms with van der Waals surface area (Å²) in [5, 5.41) is 0. The Hall–Kier alpha value is -2.64. The zero-order valence-electron chi connectivity index (χ0n) is 19.1. The number of para-hydroxylation sites is 1. The van der Waals surface area contributed by atoms with Crippen molar-refractivity contribution in [2.45, 2.75) is 50.0 Å². The summed E-state index contributed by atoms with van der Waals surface area (Å²) in [5.74, 6) is 0.0928. The van der Waals surface area contributed by atoms with Crippen LogP contribution in [0.15, 0.2) is 76.1 Å². The molecule has 0 aromatic heterocycles. The van der Waals surface area contributed by atoms with Crippen molar-refractivity contribution in [3.63, 3.8) is 0 Å². The number of rotatable bonds is 5. The van der Waals surface area contributed by atoms with E-state index in [2.05, 4.69) is 28.9 Å². The van der Waals surface area contributed by atoms with Crippen molar-refractivity contribution in [1.29, 1.82) is 0 Å². The Balaban J connectivity index is 1.28. The van der Waals surface area contributed by atoms with Crippen LogP contribution in [0.2, 0.25) is 0 Å². The molecule has 3 aromatic carbocycles. The largest absolute Gasteiger partial charge is 0.309 e. The van der Waals surface area contributed by atoms with E-state index < -0.39 is 10.0 Å². The number of carbonyl (C=O) groups excluding carboxylic acids is 1. The van der Waals surface area contributed by atoms with E-state index in [9.17, 15) is 13.2 Å². The number of nitrogens with zero attached hydrogens (tertiary/aromatic N) is 2. The van der Waals surface area contributed by atoms with E-state index >= 15 is 0 Å². The smallest absolute Gasteiger partial charge is 0.264 e. The summed E-state index contributed by atoms with van der Waals surface area (Å²) >= 11 is 3.51. The third-order valence-corrected chi connectivity index (χ3v) is 9.05. The number of benzene rings is 3. The Morgan fingerprint density at radius 1 is 1.00 bits per heavy atom. The second kappa shape index (κ2) is 9.19. The molecule has 7 heteroatoms. The molecule has 0 N–H and O–H groups in total. The fraction of sp³-hybridized carbons (Fsp3) is 0.296. The van der Waals surface area contributed by atoms with Crippen LogP contribution in [-0.4, -0.2) is 26.9 Å². The van der Waals surface area contributed by atoms with Crippen molar-refractivity contribution >= 4 is 43.2 Å². The van der Waals surface area contributed by atoms with Gasteiger partial charge in [-0.2, -0.15) is 0 Å². The Kier molecular flexibility index (Phi) is 6.25. The third-order valence-electron chi connectivity index (χ3n) is 6.73. The van der Waals surface area contributed by atoms with Crippen LogP contribution in [0, 0.1) is 0 Å². The second-order valence-electron chi connectivity index (χ2n) is 9.04. The number of amides is 1. The van der Waals surface area contributed by atoms with Gasteiger partial charge in [0.05, 0.1) is 10.6 Å². The van der Waals surface area contributed by atoms with Crippen molar-refractivity contribution in [3.8, 4) is 0 Å². The number of anilines is 2. The van der Waals surface area contributed by atoms with E-state index in [0.717, 1.165) is 46.2 Å². The lowest BCUT2D eigenvalue weighted by Gasteiger charge is -2.30. The van der Waals surface area contributed by atoms with Crippen LogP contribution in [0.1, 0.15) is 36.5 Å². The lowest BCUT2D eigenvalue weighted by Crippen LogP contribution is -2.36. The minimum Gasteiger partial charge on any atom is -0.309 e. The fourth-order valence-corrected chi connectivity index (χ4v) is 7.01. The fourth-order valence-electron chi connectivity index (χ4n) is 5.06. The lowest BCUT2D eigenvalue weighted by molar-refractivity contribution is -0.118. The SMILES string of the molecule is C[C@@H]1Cc2cc(Br)ccc2N1C(=O)CCc1ccc(S(=O)(=O)N2CCCc3ccccc32)cc1. The molecule has 0 spiro atoms. The van der Waals surface area contributed by atoms with Crippen molar-refractivity contribution in [3.05, 3.63) is 87.9 Å². The van der Waals surface area contributed by atoms with Crippen LogP contribution < -0.4 is 9.21 Å². The monoisotopic (exact) mass is 538 g/mol. The highest BCUT2D eigenvalue weighted by Crippen LogP contribution is 2.35. The van der Waals surface area contributed by atoms with E-state index in [4.69, 9.17) is 0 Å². The number of sulfonamides is 1. The molecule has 5 nitrogen and oxygen atoms in total. The maximum atomic E-state index is 13.3. The van der Waals surface area contributed by atoms with E-state index in [1.54, 1.807) is 12.1 Å². The molecule has 0 unspecified atom stereocenters. The van der Waals surface area contributed by atoms with Crippen LogP contribution in [0.5, 0.6) is 0 Å². The summed E-state index contributed by atoms with van der Waals surface area (Å²) in [4.78, 5) is 15.2. The van der Waals surface area contributed by atoms with E-state index in [0.29, 0.717) is 19.4 Å². The number of fused-ring (bicyclic) bond motifs is 2. The molecule has 0 aliphatic carbocycles. The molecular weight excluding hydrogens is 512 g/mol. The molecule has 0 fully saturated rings. The molecule has 0 saturated carbocycles. The predicted octanol–water partition coefficient (Wildman–Crippen LogP) is 5.50. The zero-order chi connectivity index (χ0) is 23.9. The van der Waals surface area contributed by atoms with Crippen LogP contribution in [0.25, 0.3) is 0 Å². The molecule has 5 rings (SSSR count). The number of halogens is 1. The second-order valence-corrected chi connectivity index (χ2v) is 11.8.